The van der Waals surface area contributed by atoms with Crippen molar-refractivity contribution in [3.8, 4) is 0 Å². The summed E-state index contributed by atoms with van der Waals surface area (Å²) in [6.07, 6.45) is 1.19. The molecule has 154 valence electrons. The lowest BCUT2D eigenvalue weighted by atomic mass is 9.93. The minimum Gasteiger partial charge on any atom is -0.481 e. The van der Waals surface area contributed by atoms with E-state index in [0.717, 1.165) is 17.1 Å². The molecule has 11 nitrogen and oxygen atoms in total. The molecule has 11 heteroatoms. The van der Waals surface area contributed by atoms with Crippen molar-refractivity contribution in [2.24, 2.45) is 11.7 Å². The Kier molecular flexibility index (Phi) is 8.96. The first-order chi connectivity index (χ1) is 13.1. The summed E-state index contributed by atoms with van der Waals surface area (Å²) in [4.78, 5) is 69.1. The van der Waals surface area contributed by atoms with E-state index in [1.807, 2.05) is 0 Å². The van der Waals surface area contributed by atoms with E-state index in [1.165, 1.54) is 0 Å². The molecule has 0 aromatic heterocycles. The summed E-state index contributed by atoms with van der Waals surface area (Å²) in [6.45, 7) is 0.0721. The SMILES string of the molecule is N[C@H](CCC(=O)NCCN1C(=O)C=CC1=O)C(=O)C[C@H](CCC(=O)O)C(=O)O. The van der Waals surface area contributed by atoms with Gasteiger partial charge in [-0.25, -0.2) is 0 Å². The van der Waals surface area contributed by atoms with E-state index in [-0.39, 0.29) is 38.8 Å². The summed E-state index contributed by atoms with van der Waals surface area (Å²) in [6, 6.07) is -1.05. The molecule has 5 N–H and O–H groups in total. The molecule has 0 aliphatic carbocycles. The molecular weight excluding hydrogens is 374 g/mol. The highest BCUT2D eigenvalue weighted by atomic mass is 16.4. The summed E-state index contributed by atoms with van der Waals surface area (Å²) in [5, 5.41) is 20.2. The van der Waals surface area contributed by atoms with Gasteiger partial charge in [0.25, 0.3) is 11.8 Å². The number of hydrogen-bond acceptors (Lipinski definition) is 7. The fourth-order valence-corrected chi connectivity index (χ4v) is 2.50. The van der Waals surface area contributed by atoms with E-state index in [4.69, 9.17) is 15.9 Å². The minimum absolute atomic E-state index is 0.0148. The second kappa shape index (κ2) is 10.9. The van der Waals surface area contributed by atoms with Gasteiger partial charge in [0.05, 0.1) is 12.0 Å². The molecular formula is C17H23N3O8. The smallest absolute Gasteiger partial charge is 0.306 e. The fourth-order valence-electron chi connectivity index (χ4n) is 2.50. The van der Waals surface area contributed by atoms with E-state index in [0.29, 0.717) is 0 Å². The number of carboxylic acids is 2. The highest BCUT2D eigenvalue weighted by Crippen LogP contribution is 2.14. The highest BCUT2D eigenvalue weighted by Gasteiger charge is 2.26. The fraction of sp³-hybridized carbons (Fsp3) is 0.529. The number of rotatable bonds is 13. The van der Waals surface area contributed by atoms with E-state index in [2.05, 4.69) is 5.32 Å². The number of amides is 3. The van der Waals surface area contributed by atoms with Gasteiger partial charge in [0.15, 0.2) is 0 Å². The number of carbonyl (C=O) groups is 6. The van der Waals surface area contributed by atoms with Gasteiger partial charge in [-0.15, -0.1) is 0 Å². The topological polar surface area (TPSA) is 184 Å². The van der Waals surface area contributed by atoms with Crippen LogP contribution in [0.4, 0.5) is 0 Å². The maximum absolute atomic E-state index is 12.0. The molecule has 0 bridgehead atoms. The van der Waals surface area contributed by atoms with Crippen LogP contribution in [0.1, 0.15) is 32.1 Å². The van der Waals surface area contributed by atoms with Crippen LogP contribution in [-0.4, -0.2) is 69.7 Å². The van der Waals surface area contributed by atoms with Gasteiger partial charge in [-0.2, -0.15) is 0 Å². The number of ketones is 1. The predicted octanol–water partition coefficient (Wildman–Crippen LogP) is -1.34. The second-order valence-electron chi connectivity index (χ2n) is 6.29. The third-order valence-corrected chi connectivity index (χ3v) is 4.16. The molecule has 2 atom stereocenters. The number of nitrogens with zero attached hydrogens (tertiary/aromatic N) is 1. The van der Waals surface area contributed by atoms with Crippen molar-refractivity contribution in [1.82, 2.24) is 10.2 Å². The molecule has 0 spiro atoms. The van der Waals surface area contributed by atoms with Crippen molar-refractivity contribution in [3.05, 3.63) is 12.2 Å². The van der Waals surface area contributed by atoms with Gasteiger partial charge in [0, 0.05) is 44.5 Å². The van der Waals surface area contributed by atoms with Crippen LogP contribution < -0.4 is 11.1 Å². The second-order valence-corrected chi connectivity index (χ2v) is 6.29. The van der Waals surface area contributed by atoms with Gasteiger partial charge in [-0.1, -0.05) is 0 Å². The van der Waals surface area contributed by atoms with Gasteiger partial charge >= 0.3 is 11.9 Å². The Morgan fingerprint density at radius 1 is 1.04 bits per heavy atom. The number of carbonyl (C=O) groups excluding carboxylic acids is 4. The molecule has 0 fully saturated rings. The molecule has 1 heterocycles. The minimum atomic E-state index is -1.28. The van der Waals surface area contributed by atoms with Crippen LogP contribution in [0.5, 0.6) is 0 Å². The molecule has 0 radical (unpaired) electrons. The first kappa shape index (κ1) is 23.0. The van der Waals surface area contributed by atoms with Crippen LogP contribution in [0.25, 0.3) is 0 Å². The standard InChI is InChI=1S/C17H23N3O8/c18-11(12(21)9-10(17(27)28)1-6-16(25)26)2-3-13(22)19-7-8-20-14(23)4-5-15(20)24/h4-5,10-11H,1-3,6-9,18H2,(H,19,22)(H,25,26)(H,27,28)/t10-,11+/m0/s1. The Hall–Kier alpha value is -3.08. The lowest BCUT2D eigenvalue weighted by Gasteiger charge is -2.15. The zero-order valence-electron chi connectivity index (χ0n) is 15.1. The van der Waals surface area contributed by atoms with Gasteiger partial charge in [-0.05, 0) is 12.8 Å². The van der Waals surface area contributed by atoms with Crippen molar-refractivity contribution >= 4 is 35.4 Å². The third kappa shape index (κ3) is 7.66. The molecule has 28 heavy (non-hydrogen) atoms. The molecule has 3 amide bonds. The van der Waals surface area contributed by atoms with Crippen LogP contribution in [0.15, 0.2) is 12.2 Å². The first-order valence-electron chi connectivity index (χ1n) is 8.65. The lowest BCUT2D eigenvalue weighted by molar-refractivity contribution is -0.145. The molecule has 0 saturated carbocycles. The Morgan fingerprint density at radius 2 is 1.64 bits per heavy atom. The highest BCUT2D eigenvalue weighted by molar-refractivity contribution is 6.12. The molecule has 1 rings (SSSR count). The van der Waals surface area contributed by atoms with E-state index < -0.39 is 53.8 Å². The predicted molar refractivity (Wildman–Crippen MR) is 93.7 cm³/mol. The van der Waals surface area contributed by atoms with Crippen molar-refractivity contribution < 1.29 is 39.0 Å². The monoisotopic (exact) mass is 397 g/mol. The number of aliphatic carboxylic acids is 2. The zero-order valence-corrected chi connectivity index (χ0v) is 15.1. The number of Topliss-reactive ketones (excluding diaryl/α,β-unsaturated/α-hetero) is 1. The Bertz CT molecular complexity index is 670. The molecule has 0 unspecified atom stereocenters. The number of imide groups is 1. The molecule has 0 aromatic carbocycles. The molecule has 0 aromatic rings. The van der Waals surface area contributed by atoms with E-state index >= 15 is 0 Å². The van der Waals surface area contributed by atoms with Crippen molar-refractivity contribution in [2.45, 2.75) is 38.1 Å². The summed E-state index contributed by atoms with van der Waals surface area (Å²) in [7, 11) is 0. The van der Waals surface area contributed by atoms with Crippen molar-refractivity contribution in [1.29, 1.82) is 0 Å². The zero-order chi connectivity index (χ0) is 21.3. The lowest BCUT2D eigenvalue weighted by Crippen LogP contribution is -2.39. The van der Waals surface area contributed by atoms with Crippen LogP contribution in [-0.2, 0) is 28.8 Å². The number of nitrogens with two attached hydrogens (primary N) is 1. The summed E-state index contributed by atoms with van der Waals surface area (Å²) in [5.41, 5.74) is 5.69. The van der Waals surface area contributed by atoms with Gasteiger partial charge in [-0.3, -0.25) is 33.7 Å². The summed E-state index contributed by atoms with van der Waals surface area (Å²) < 4.78 is 0. The Balaban J connectivity index is 2.32. The van der Waals surface area contributed by atoms with Crippen LogP contribution >= 0.6 is 0 Å². The molecule has 1 aliphatic heterocycles. The first-order valence-corrected chi connectivity index (χ1v) is 8.65. The van der Waals surface area contributed by atoms with Crippen LogP contribution in [0, 0.1) is 5.92 Å². The summed E-state index contributed by atoms with van der Waals surface area (Å²) in [5.74, 6) is -5.49. The average molecular weight is 397 g/mol. The Morgan fingerprint density at radius 3 is 2.18 bits per heavy atom. The van der Waals surface area contributed by atoms with Gasteiger partial charge in [0.2, 0.25) is 5.91 Å². The van der Waals surface area contributed by atoms with Gasteiger partial charge in [0.1, 0.15) is 5.78 Å². The van der Waals surface area contributed by atoms with Crippen molar-refractivity contribution in [3.63, 3.8) is 0 Å². The number of nitrogens with one attached hydrogen (secondary N) is 1. The van der Waals surface area contributed by atoms with Gasteiger partial charge < -0.3 is 21.3 Å². The third-order valence-electron chi connectivity index (χ3n) is 4.16. The Labute approximate surface area is 160 Å². The van der Waals surface area contributed by atoms with Crippen LogP contribution in [0.2, 0.25) is 0 Å². The normalized spacial score (nSPS) is 15.4. The van der Waals surface area contributed by atoms with E-state index in [1.54, 1.807) is 0 Å². The van der Waals surface area contributed by atoms with Crippen LogP contribution in [0.3, 0.4) is 0 Å². The van der Waals surface area contributed by atoms with E-state index in [9.17, 15) is 28.8 Å². The molecule has 1 aliphatic rings. The quantitative estimate of drug-likeness (QED) is 0.273. The van der Waals surface area contributed by atoms with Crippen molar-refractivity contribution in [2.75, 3.05) is 13.1 Å². The maximum atomic E-state index is 12.0. The average Bonchev–Trinajstić information content (AvgIpc) is 2.94. The largest absolute Gasteiger partial charge is 0.481 e. The number of hydrogen-bond donors (Lipinski definition) is 4. The molecule has 0 saturated heterocycles. The summed E-state index contributed by atoms with van der Waals surface area (Å²) >= 11 is 0. The number of carboxylic acid groups (broad SMARTS) is 2. The maximum Gasteiger partial charge on any atom is 0.306 e.